The van der Waals surface area contributed by atoms with Crippen molar-refractivity contribution < 1.29 is 9.59 Å². The second kappa shape index (κ2) is 9.05. The van der Waals surface area contributed by atoms with E-state index in [0.29, 0.717) is 43.9 Å². The maximum Gasteiger partial charge on any atom is 0.230 e. The Hall–Kier alpha value is -2.33. The fourth-order valence-corrected chi connectivity index (χ4v) is 3.68. The number of likely N-dealkylation sites (tertiary alicyclic amines) is 1. The van der Waals surface area contributed by atoms with E-state index in [-0.39, 0.29) is 17.7 Å². The molecule has 2 amide bonds. The quantitative estimate of drug-likeness (QED) is 0.776. The highest BCUT2D eigenvalue weighted by Gasteiger charge is 2.30. The lowest BCUT2D eigenvalue weighted by molar-refractivity contribution is -0.134. The zero-order valence-corrected chi connectivity index (χ0v) is 16.4. The van der Waals surface area contributed by atoms with E-state index in [1.807, 2.05) is 59.2 Å². The van der Waals surface area contributed by atoms with Crippen molar-refractivity contribution in [2.75, 3.05) is 24.5 Å². The van der Waals surface area contributed by atoms with Gasteiger partial charge in [0.1, 0.15) is 0 Å². The number of carbonyl (C=O) groups is 2. The summed E-state index contributed by atoms with van der Waals surface area (Å²) in [4.78, 5) is 29.2. The lowest BCUT2D eigenvalue weighted by atomic mass is 9.94. The van der Waals surface area contributed by atoms with Crippen molar-refractivity contribution in [2.45, 2.75) is 26.2 Å². The van der Waals surface area contributed by atoms with Crippen molar-refractivity contribution >= 4 is 29.1 Å². The molecule has 2 aromatic carbocycles. The molecule has 0 aromatic heterocycles. The Bertz CT molecular complexity index is 769. The van der Waals surface area contributed by atoms with Crippen molar-refractivity contribution in [2.24, 2.45) is 5.92 Å². The van der Waals surface area contributed by atoms with Crippen LogP contribution in [0.5, 0.6) is 0 Å². The van der Waals surface area contributed by atoms with Gasteiger partial charge in [-0.25, -0.2) is 0 Å². The van der Waals surface area contributed by atoms with Crippen LogP contribution in [0.4, 0.5) is 5.69 Å². The highest BCUT2D eigenvalue weighted by Crippen LogP contribution is 2.24. The predicted molar refractivity (Wildman–Crippen MR) is 109 cm³/mol. The molecule has 27 heavy (non-hydrogen) atoms. The molecule has 142 valence electrons. The number of para-hydroxylation sites is 1. The first-order valence-corrected chi connectivity index (χ1v) is 9.85. The minimum absolute atomic E-state index is 0.0234. The van der Waals surface area contributed by atoms with Crippen molar-refractivity contribution in [3.8, 4) is 0 Å². The topological polar surface area (TPSA) is 40.6 Å². The van der Waals surface area contributed by atoms with Gasteiger partial charge < -0.3 is 9.80 Å². The average Bonchev–Trinajstić information content (AvgIpc) is 2.71. The van der Waals surface area contributed by atoms with Crippen LogP contribution >= 0.6 is 11.6 Å². The summed E-state index contributed by atoms with van der Waals surface area (Å²) in [5.74, 6) is 0.247. The summed E-state index contributed by atoms with van der Waals surface area (Å²) in [5.41, 5.74) is 1.90. The van der Waals surface area contributed by atoms with E-state index in [4.69, 9.17) is 11.6 Å². The molecule has 0 aliphatic carbocycles. The first-order chi connectivity index (χ1) is 13.1. The zero-order chi connectivity index (χ0) is 19.2. The van der Waals surface area contributed by atoms with Gasteiger partial charge in [0.15, 0.2) is 0 Å². The van der Waals surface area contributed by atoms with Gasteiger partial charge in [-0.2, -0.15) is 0 Å². The lowest BCUT2D eigenvalue weighted by Gasteiger charge is -2.34. The number of rotatable bonds is 5. The zero-order valence-electron chi connectivity index (χ0n) is 15.6. The number of hydrogen-bond donors (Lipinski definition) is 0. The Kier molecular flexibility index (Phi) is 6.51. The molecule has 0 bridgehead atoms. The molecule has 5 heteroatoms. The molecular weight excluding hydrogens is 360 g/mol. The van der Waals surface area contributed by atoms with Gasteiger partial charge >= 0.3 is 0 Å². The van der Waals surface area contributed by atoms with Crippen LogP contribution in [0.3, 0.4) is 0 Å². The Labute approximate surface area is 165 Å². The van der Waals surface area contributed by atoms with E-state index < -0.39 is 0 Å². The third kappa shape index (κ3) is 4.89. The van der Waals surface area contributed by atoms with Crippen LogP contribution in [0.1, 0.15) is 25.3 Å². The number of amides is 2. The number of nitrogens with zero attached hydrogens (tertiary/aromatic N) is 2. The number of hydrogen-bond acceptors (Lipinski definition) is 2. The molecule has 0 radical (unpaired) electrons. The summed E-state index contributed by atoms with van der Waals surface area (Å²) in [7, 11) is 0. The van der Waals surface area contributed by atoms with Crippen LogP contribution in [0.15, 0.2) is 54.6 Å². The Morgan fingerprint density at radius 1 is 1.04 bits per heavy atom. The highest BCUT2D eigenvalue weighted by molar-refractivity contribution is 6.30. The molecule has 2 aromatic rings. The van der Waals surface area contributed by atoms with Crippen LogP contribution in [-0.2, 0) is 16.0 Å². The van der Waals surface area contributed by atoms with Crippen LogP contribution in [0, 0.1) is 5.92 Å². The molecule has 0 saturated carbocycles. The molecule has 1 aliphatic heterocycles. The van der Waals surface area contributed by atoms with Gasteiger partial charge in [-0.15, -0.1) is 0 Å². The number of piperidine rings is 1. The fraction of sp³-hybridized carbons (Fsp3) is 0.364. The summed E-state index contributed by atoms with van der Waals surface area (Å²) in [5, 5.41) is 0.671. The number of anilines is 1. The minimum atomic E-state index is -0.0234. The van der Waals surface area contributed by atoms with Gasteiger partial charge in [0.2, 0.25) is 11.8 Å². The molecule has 1 saturated heterocycles. The van der Waals surface area contributed by atoms with Crippen molar-refractivity contribution in [1.29, 1.82) is 0 Å². The van der Waals surface area contributed by atoms with Gasteiger partial charge in [-0.1, -0.05) is 41.9 Å². The summed E-state index contributed by atoms with van der Waals surface area (Å²) in [6, 6.07) is 17.2. The van der Waals surface area contributed by atoms with E-state index >= 15 is 0 Å². The standard InChI is InChI=1S/C22H25ClN2O2/c1-2-25(20-6-4-3-5-7-20)22(27)18-12-14-24(15-13-18)21(26)16-17-8-10-19(23)11-9-17/h3-11,18H,2,12-16H2,1H3. The van der Waals surface area contributed by atoms with Gasteiger partial charge in [0.25, 0.3) is 0 Å². The minimum Gasteiger partial charge on any atom is -0.342 e. The molecule has 1 heterocycles. The van der Waals surface area contributed by atoms with Crippen molar-refractivity contribution in [3.05, 3.63) is 65.2 Å². The summed E-state index contributed by atoms with van der Waals surface area (Å²) in [6.45, 7) is 3.92. The van der Waals surface area contributed by atoms with Crippen molar-refractivity contribution in [1.82, 2.24) is 4.90 Å². The fourth-order valence-electron chi connectivity index (χ4n) is 3.56. The summed E-state index contributed by atoms with van der Waals surface area (Å²) < 4.78 is 0. The predicted octanol–water partition coefficient (Wildman–Crippen LogP) is 4.17. The molecule has 0 spiro atoms. The lowest BCUT2D eigenvalue weighted by Crippen LogP contribution is -2.45. The maximum absolute atomic E-state index is 12.9. The van der Waals surface area contributed by atoms with E-state index in [1.54, 1.807) is 12.1 Å². The molecule has 0 unspecified atom stereocenters. The SMILES string of the molecule is CCN(C(=O)C1CCN(C(=O)Cc2ccc(Cl)cc2)CC1)c1ccccc1. The largest absolute Gasteiger partial charge is 0.342 e. The van der Waals surface area contributed by atoms with Crippen LogP contribution < -0.4 is 4.90 Å². The van der Waals surface area contributed by atoms with Gasteiger partial charge in [0, 0.05) is 36.3 Å². The van der Waals surface area contributed by atoms with Gasteiger partial charge in [0.05, 0.1) is 6.42 Å². The molecule has 1 aliphatic rings. The second-order valence-corrected chi connectivity index (χ2v) is 7.31. The van der Waals surface area contributed by atoms with E-state index in [2.05, 4.69) is 0 Å². The number of carbonyl (C=O) groups excluding carboxylic acids is 2. The van der Waals surface area contributed by atoms with E-state index in [1.165, 1.54) is 0 Å². The molecule has 3 rings (SSSR count). The molecule has 0 atom stereocenters. The molecule has 4 nitrogen and oxygen atoms in total. The monoisotopic (exact) mass is 384 g/mol. The third-order valence-electron chi connectivity index (χ3n) is 5.12. The van der Waals surface area contributed by atoms with E-state index in [9.17, 15) is 9.59 Å². The molecule has 0 N–H and O–H groups in total. The van der Waals surface area contributed by atoms with Crippen LogP contribution in [0.2, 0.25) is 5.02 Å². The first kappa shape index (κ1) is 19.4. The second-order valence-electron chi connectivity index (χ2n) is 6.88. The summed E-state index contributed by atoms with van der Waals surface area (Å²) >= 11 is 5.89. The normalized spacial score (nSPS) is 14.8. The first-order valence-electron chi connectivity index (χ1n) is 9.47. The van der Waals surface area contributed by atoms with Crippen molar-refractivity contribution in [3.63, 3.8) is 0 Å². The molecule has 1 fully saturated rings. The Balaban J connectivity index is 1.55. The van der Waals surface area contributed by atoms with Crippen LogP contribution in [0.25, 0.3) is 0 Å². The third-order valence-corrected chi connectivity index (χ3v) is 5.37. The number of benzene rings is 2. The number of halogens is 1. The smallest absolute Gasteiger partial charge is 0.230 e. The average molecular weight is 385 g/mol. The summed E-state index contributed by atoms with van der Waals surface area (Å²) in [6.07, 6.45) is 1.81. The Morgan fingerprint density at radius 2 is 1.67 bits per heavy atom. The van der Waals surface area contributed by atoms with Gasteiger partial charge in [-0.05, 0) is 49.6 Å². The van der Waals surface area contributed by atoms with Gasteiger partial charge in [-0.3, -0.25) is 9.59 Å². The van der Waals surface area contributed by atoms with Crippen LogP contribution in [-0.4, -0.2) is 36.3 Å². The highest BCUT2D eigenvalue weighted by atomic mass is 35.5. The maximum atomic E-state index is 12.9. The van der Waals surface area contributed by atoms with E-state index in [0.717, 1.165) is 11.3 Å². The Morgan fingerprint density at radius 3 is 2.26 bits per heavy atom. The molecular formula is C22H25ClN2O2.